The van der Waals surface area contributed by atoms with Crippen LogP contribution in [0.1, 0.15) is 16.1 Å². The molecular weight excluding hydrogens is 282 g/mol. The van der Waals surface area contributed by atoms with Gasteiger partial charge < -0.3 is 9.84 Å². The smallest absolute Gasteiger partial charge is 0.339 e. The van der Waals surface area contributed by atoms with Crippen LogP contribution in [0.2, 0.25) is 0 Å². The van der Waals surface area contributed by atoms with Gasteiger partial charge in [0.2, 0.25) is 0 Å². The van der Waals surface area contributed by atoms with Crippen LogP contribution in [0.4, 0.5) is 0 Å². The van der Waals surface area contributed by atoms with Crippen molar-refractivity contribution in [2.75, 3.05) is 6.61 Å². The molecule has 0 aliphatic rings. The summed E-state index contributed by atoms with van der Waals surface area (Å²) in [6.45, 7) is 1.87. The van der Waals surface area contributed by atoms with E-state index in [9.17, 15) is 4.79 Å². The summed E-state index contributed by atoms with van der Waals surface area (Å²) in [5, 5.41) is 17.4. The van der Waals surface area contributed by atoms with Crippen molar-refractivity contribution in [3.05, 3.63) is 53.9 Å². The molecule has 0 fully saturated rings. The van der Waals surface area contributed by atoms with Gasteiger partial charge in [-0.25, -0.2) is 14.8 Å². The topological polar surface area (TPSA) is 96.1 Å². The number of para-hydroxylation sites is 1. The Morgan fingerprint density at radius 3 is 2.91 bits per heavy atom. The first-order chi connectivity index (χ1) is 10.6. The molecule has 22 heavy (non-hydrogen) atoms. The van der Waals surface area contributed by atoms with Gasteiger partial charge in [-0.3, -0.25) is 0 Å². The van der Waals surface area contributed by atoms with Gasteiger partial charge in [0.15, 0.2) is 5.82 Å². The highest BCUT2D eigenvalue weighted by atomic mass is 16.5. The molecule has 6 nitrogen and oxygen atoms in total. The molecule has 0 atom stereocenters. The summed E-state index contributed by atoms with van der Waals surface area (Å²) in [7, 11) is 0. The fourth-order valence-electron chi connectivity index (χ4n) is 1.82. The van der Waals surface area contributed by atoms with E-state index >= 15 is 0 Å². The second-order valence-corrected chi connectivity index (χ2v) is 4.34. The molecule has 0 radical (unpaired) electrons. The second-order valence-electron chi connectivity index (χ2n) is 4.34. The van der Waals surface area contributed by atoms with Crippen molar-refractivity contribution < 1.29 is 14.6 Å². The van der Waals surface area contributed by atoms with Gasteiger partial charge in [-0.15, -0.1) is 0 Å². The number of nitrogens with zero attached hydrogens (tertiary/aromatic N) is 3. The molecule has 0 amide bonds. The molecule has 0 bridgehead atoms. The van der Waals surface area contributed by atoms with Crippen molar-refractivity contribution in [2.24, 2.45) is 0 Å². The van der Waals surface area contributed by atoms with Crippen molar-refractivity contribution in [3.8, 4) is 23.2 Å². The molecular formula is C16H13N3O3. The van der Waals surface area contributed by atoms with Gasteiger partial charge in [-0.2, -0.15) is 5.26 Å². The minimum atomic E-state index is -1.06. The summed E-state index contributed by atoms with van der Waals surface area (Å²) in [6, 6.07) is 9.06. The molecule has 0 unspecified atom stereocenters. The highest BCUT2D eigenvalue weighted by Gasteiger charge is 2.13. The maximum absolute atomic E-state index is 11.0. The van der Waals surface area contributed by atoms with Crippen molar-refractivity contribution >= 4 is 5.97 Å². The van der Waals surface area contributed by atoms with Crippen LogP contribution in [0.5, 0.6) is 5.75 Å². The number of carboxylic acid groups (broad SMARTS) is 1. The lowest BCUT2D eigenvalue weighted by Gasteiger charge is -2.10. The Labute approximate surface area is 127 Å². The maximum atomic E-state index is 11.0. The molecule has 0 spiro atoms. The zero-order valence-electron chi connectivity index (χ0n) is 11.9. The third kappa shape index (κ3) is 3.46. The number of hydrogen-bond acceptors (Lipinski definition) is 5. The van der Waals surface area contributed by atoms with Crippen LogP contribution < -0.4 is 4.74 Å². The normalized spacial score (nSPS) is 10.4. The summed E-state index contributed by atoms with van der Waals surface area (Å²) in [4.78, 5) is 19.3. The highest BCUT2D eigenvalue weighted by Crippen LogP contribution is 2.27. The van der Waals surface area contributed by atoms with Gasteiger partial charge in [-0.05, 0) is 25.1 Å². The molecule has 0 saturated heterocycles. The monoisotopic (exact) mass is 295 g/mol. The van der Waals surface area contributed by atoms with E-state index in [1.807, 2.05) is 18.2 Å². The predicted octanol–water partition coefficient (Wildman–Crippen LogP) is 2.61. The highest BCUT2D eigenvalue weighted by molar-refractivity contribution is 5.88. The Balaban J connectivity index is 2.33. The average molecular weight is 295 g/mol. The van der Waals surface area contributed by atoms with Crippen LogP contribution in [0, 0.1) is 18.3 Å². The Bertz CT molecular complexity index is 763. The van der Waals surface area contributed by atoms with Crippen molar-refractivity contribution in [1.82, 2.24) is 9.97 Å². The van der Waals surface area contributed by atoms with Crippen LogP contribution in [-0.2, 0) is 0 Å². The van der Waals surface area contributed by atoms with E-state index in [-0.39, 0.29) is 12.2 Å². The number of hydrogen-bond donors (Lipinski definition) is 1. The van der Waals surface area contributed by atoms with Gasteiger partial charge in [0, 0.05) is 12.3 Å². The van der Waals surface area contributed by atoms with Gasteiger partial charge in [-0.1, -0.05) is 12.1 Å². The lowest BCUT2D eigenvalue weighted by molar-refractivity contribution is 0.0695. The van der Waals surface area contributed by atoms with E-state index in [0.29, 0.717) is 22.8 Å². The van der Waals surface area contributed by atoms with Crippen molar-refractivity contribution in [2.45, 2.75) is 6.92 Å². The van der Waals surface area contributed by atoms with Crippen molar-refractivity contribution in [1.29, 1.82) is 5.26 Å². The summed E-state index contributed by atoms with van der Waals surface area (Å²) < 4.78 is 5.58. The molecule has 110 valence electrons. The van der Waals surface area contributed by atoms with E-state index in [1.54, 1.807) is 25.1 Å². The van der Waals surface area contributed by atoms with Crippen LogP contribution in [0.3, 0.4) is 0 Å². The van der Waals surface area contributed by atoms with Crippen LogP contribution in [-0.4, -0.2) is 27.7 Å². The number of carboxylic acids is 1. The number of benzene rings is 1. The van der Waals surface area contributed by atoms with Gasteiger partial charge in [0.25, 0.3) is 0 Å². The third-order valence-electron chi connectivity index (χ3n) is 2.87. The molecule has 1 aromatic heterocycles. The number of aromatic carboxylic acids is 1. The quantitative estimate of drug-likeness (QED) is 0.852. The van der Waals surface area contributed by atoms with Crippen LogP contribution in [0.15, 0.2) is 42.6 Å². The predicted molar refractivity (Wildman–Crippen MR) is 79.4 cm³/mol. The number of aromatic nitrogens is 2. The number of ether oxygens (including phenoxy) is 1. The Morgan fingerprint density at radius 2 is 2.23 bits per heavy atom. The number of aryl methyl sites for hydroxylation is 1. The van der Waals surface area contributed by atoms with Crippen LogP contribution in [0.25, 0.3) is 11.4 Å². The first kappa shape index (κ1) is 15.2. The third-order valence-corrected chi connectivity index (χ3v) is 2.87. The number of carbonyl (C=O) groups is 1. The van der Waals surface area contributed by atoms with E-state index in [2.05, 4.69) is 9.97 Å². The van der Waals surface area contributed by atoms with Gasteiger partial charge in [0.05, 0.1) is 22.9 Å². The zero-order valence-corrected chi connectivity index (χ0v) is 11.9. The van der Waals surface area contributed by atoms with Crippen LogP contribution >= 0.6 is 0 Å². The molecule has 2 aromatic rings. The Kier molecular flexibility index (Phi) is 4.83. The van der Waals surface area contributed by atoms with Crippen molar-refractivity contribution in [3.63, 3.8) is 0 Å². The summed E-state index contributed by atoms with van der Waals surface area (Å²) in [6.07, 6.45) is 4.22. The van der Waals surface area contributed by atoms with E-state index < -0.39 is 5.97 Å². The fraction of sp³-hybridized carbons (Fsp3) is 0.125. The SMILES string of the molecule is Cc1nc(-c2ccccc2OCC=CC#N)ncc1C(=O)O. The average Bonchev–Trinajstić information content (AvgIpc) is 2.51. The fourth-order valence-corrected chi connectivity index (χ4v) is 1.82. The maximum Gasteiger partial charge on any atom is 0.339 e. The van der Waals surface area contributed by atoms with E-state index in [0.717, 1.165) is 0 Å². The van der Waals surface area contributed by atoms with Gasteiger partial charge in [0.1, 0.15) is 12.4 Å². The molecule has 6 heteroatoms. The molecule has 1 heterocycles. The standard InChI is InChI=1S/C16H13N3O3/c1-11-13(16(20)21)10-18-15(19-11)12-6-2-3-7-14(12)22-9-5-4-8-17/h2-7,10H,9H2,1H3,(H,20,21). The first-order valence-corrected chi connectivity index (χ1v) is 6.47. The summed E-state index contributed by atoms with van der Waals surface area (Å²) in [5.41, 5.74) is 1.11. The Morgan fingerprint density at radius 1 is 1.45 bits per heavy atom. The number of allylic oxidation sites excluding steroid dienone is 1. The summed E-state index contributed by atoms with van der Waals surface area (Å²) >= 11 is 0. The molecule has 1 aromatic carbocycles. The van der Waals surface area contributed by atoms with Gasteiger partial charge >= 0.3 is 5.97 Å². The number of rotatable bonds is 5. The molecule has 0 aliphatic heterocycles. The minimum absolute atomic E-state index is 0.0686. The summed E-state index contributed by atoms with van der Waals surface area (Å²) in [5.74, 6) is -0.106. The largest absolute Gasteiger partial charge is 0.489 e. The second kappa shape index (κ2) is 6.99. The minimum Gasteiger partial charge on any atom is -0.489 e. The zero-order chi connectivity index (χ0) is 15.9. The lowest BCUT2D eigenvalue weighted by Crippen LogP contribution is -2.05. The first-order valence-electron chi connectivity index (χ1n) is 6.47. The molecule has 0 saturated carbocycles. The molecule has 1 N–H and O–H groups in total. The Hall–Kier alpha value is -3.20. The van der Waals surface area contributed by atoms with E-state index in [4.69, 9.17) is 15.1 Å². The van der Waals surface area contributed by atoms with E-state index in [1.165, 1.54) is 12.3 Å². The molecule has 0 aliphatic carbocycles. The lowest BCUT2D eigenvalue weighted by atomic mass is 10.1. The number of nitriles is 1. The molecule has 2 rings (SSSR count).